The second-order valence-corrected chi connectivity index (χ2v) is 19.1. The summed E-state index contributed by atoms with van der Waals surface area (Å²) in [6.07, 6.45) is 25.8. The van der Waals surface area contributed by atoms with Crippen molar-refractivity contribution in [3.05, 3.63) is 82.5 Å². The van der Waals surface area contributed by atoms with Crippen LogP contribution in [0.2, 0.25) is 0 Å². The molecule has 7 aliphatic carbocycles. The van der Waals surface area contributed by atoms with Crippen LogP contribution < -0.4 is 24.8 Å². The third kappa shape index (κ3) is 8.51. The van der Waals surface area contributed by atoms with Gasteiger partial charge in [-0.1, -0.05) is 103 Å². The molecule has 9 rings (SSSR count). The van der Waals surface area contributed by atoms with Gasteiger partial charge in [-0.05, 0) is 65.4 Å². The van der Waals surface area contributed by atoms with Crippen molar-refractivity contribution in [2.45, 2.75) is 136 Å². The first kappa shape index (κ1) is 38.1. The molecule has 1 atom stereocenters. The van der Waals surface area contributed by atoms with E-state index < -0.39 is 0 Å². The van der Waals surface area contributed by atoms with Gasteiger partial charge in [0.25, 0.3) is 0 Å². The van der Waals surface area contributed by atoms with Gasteiger partial charge in [0.15, 0.2) is 0 Å². The van der Waals surface area contributed by atoms with Gasteiger partial charge < -0.3 is 24.8 Å². The van der Waals surface area contributed by atoms with Gasteiger partial charge >= 0.3 is 59.5 Å². The molecule has 46 heavy (non-hydrogen) atoms. The fourth-order valence-electron chi connectivity index (χ4n) is 9.39. The molecule has 0 aromatic heterocycles. The fourth-order valence-corrected chi connectivity index (χ4v) is 10.3. The molecule has 5 fully saturated rings. The van der Waals surface area contributed by atoms with Crippen LogP contribution in [0.5, 0.6) is 0 Å². The number of halogens is 2. The number of hydrogen-bond donors (Lipinski definition) is 0. The van der Waals surface area contributed by atoms with Crippen molar-refractivity contribution in [2.75, 3.05) is 0 Å². The van der Waals surface area contributed by atoms with Crippen LogP contribution in [0.3, 0.4) is 0 Å². The topological polar surface area (TPSA) is 0 Å². The molecular weight excluding hydrogens is 679 g/mol. The molecule has 1 unspecified atom stereocenters. The van der Waals surface area contributed by atoms with Crippen molar-refractivity contribution in [2.24, 2.45) is 29.1 Å². The molecule has 0 aliphatic heterocycles. The van der Waals surface area contributed by atoms with E-state index in [9.17, 15) is 0 Å². The van der Waals surface area contributed by atoms with Gasteiger partial charge in [0, 0.05) is 0 Å². The van der Waals surface area contributed by atoms with Gasteiger partial charge in [-0.15, -0.1) is 11.1 Å². The van der Waals surface area contributed by atoms with Gasteiger partial charge in [0.1, 0.15) is 0 Å². The van der Waals surface area contributed by atoms with Crippen LogP contribution in [-0.4, -0.2) is 3.21 Å². The van der Waals surface area contributed by atoms with E-state index in [0.29, 0.717) is 11.3 Å². The zero-order chi connectivity index (χ0) is 31.3. The SMILES string of the molecule is CC(C)(C)c1[c-]c2c(cc1)-c1ccc(C(C)(C)C)cc1C2.CC1[C-]=CC(C23CC4CC(CC(C4)C2)C3)=C1.[Cl-].[Cl-].[Zr+2]=[C]1CCCCC1. The standard InChI is InChI=1S/C21H25.C16H21.C6H10.2ClH.Zr/c1-20(2,3)16-7-9-18-14(12-16)11-15-13-17(21(4,5)6)8-10-19(15)18;1-11-2-3-15(4-11)16-8-12-5-13(9-16)7-14(6-12)10-16;1-2-4-6-5-3-1;;;/h7-10,12H,11H2,1-6H3;3-4,11-14H,5-10H2,1H3;1-5H2;2*1H;/q2*-1;;;;+2/p-2. The second kappa shape index (κ2) is 15.0. The molecule has 5 saturated carbocycles. The van der Waals surface area contributed by atoms with E-state index in [-0.39, 0.29) is 35.6 Å². The van der Waals surface area contributed by atoms with E-state index in [1.165, 1.54) is 84.7 Å². The van der Waals surface area contributed by atoms with E-state index in [1.807, 2.05) is 0 Å². The average molecular weight is 735 g/mol. The number of benzene rings is 2. The maximum atomic E-state index is 3.67. The number of hydrogen-bond acceptors (Lipinski definition) is 0. The summed E-state index contributed by atoms with van der Waals surface area (Å²) in [5.74, 6) is 3.77. The van der Waals surface area contributed by atoms with Gasteiger partial charge in [-0.2, -0.15) is 35.4 Å². The molecular formula is C43H56Cl2Zr-2. The third-order valence-electron chi connectivity index (χ3n) is 11.5. The minimum atomic E-state index is 0. The van der Waals surface area contributed by atoms with Crippen molar-refractivity contribution in [1.29, 1.82) is 0 Å². The molecule has 2 aromatic rings. The van der Waals surface area contributed by atoms with Crippen LogP contribution >= 0.6 is 0 Å². The summed E-state index contributed by atoms with van der Waals surface area (Å²) < 4.78 is 1.80. The summed E-state index contributed by atoms with van der Waals surface area (Å²) >= 11 is 1.69. The van der Waals surface area contributed by atoms with E-state index >= 15 is 0 Å². The molecule has 0 spiro atoms. The van der Waals surface area contributed by atoms with Crippen LogP contribution in [0.15, 0.2) is 48.1 Å². The van der Waals surface area contributed by atoms with E-state index in [4.69, 9.17) is 0 Å². The molecule has 0 amide bonds. The monoisotopic (exact) mass is 732 g/mol. The van der Waals surface area contributed by atoms with Crippen LogP contribution in [0.25, 0.3) is 11.1 Å². The first-order chi connectivity index (χ1) is 20.8. The number of fused-ring (bicyclic) bond motifs is 3. The van der Waals surface area contributed by atoms with Gasteiger partial charge in [0.2, 0.25) is 0 Å². The summed E-state index contributed by atoms with van der Waals surface area (Å²) in [6, 6.07) is 15.2. The zero-order valence-corrected chi connectivity index (χ0v) is 33.6. The van der Waals surface area contributed by atoms with Crippen LogP contribution in [-0.2, 0) is 41.5 Å². The predicted octanol–water partition coefficient (Wildman–Crippen LogP) is 5.47. The fraction of sp³-hybridized carbons (Fsp3) is 0.605. The molecule has 4 bridgehead atoms. The molecule has 0 N–H and O–H groups in total. The first-order valence-electron chi connectivity index (χ1n) is 17.9. The van der Waals surface area contributed by atoms with Crippen molar-refractivity contribution in [3.63, 3.8) is 0 Å². The molecule has 0 heterocycles. The van der Waals surface area contributed by atoms with Gasteiger partial charge in [-0.3, -0.25) is 6.08 Å². The normalized spacial score (nSPS) is 28.5. The van der Waals surface area contributed by atoms with Gasteiger partial charge in [0.05, 0.1) is 0 Å². The molecule has 2 aromatic carbocycles. The van der Waals surface area contributed by atoms with Crippen LogP contribution in [0.4, 0.5) is 0 Å². The molecule has 3 heteroatoms. The van der Waals surface area contributed by atoms with Crippen molar-refractivity contribution in [1.82, 2.24) is 0 Å². The van der Waals surface area contributed by atoms with Crippen molar-refractivity contribution in [3.8, 4) is 11.1 Å². The summed E-state index contributed by atoms with van der Waals surface area (Å²) in [7, 11) is 0. The Morgan fingerprint density at radius 1 is 0.761 bits per heavy atom. The summed E-state index contributed by atoms with van der Waals surface area (Å²) in [6.45, 7) is 15.9. The maximum absolute atomic E-state index is 3.67. The Bertz CT molecular complexity index is 1340. The average Bonchev–Trinajstić information content (AvgIpc) is 3.56. The number of rotatable bonds is 1. The second-order valence-electron chi connectivity index (χ2n) is 17.4. The Hall–Kier alpha value is -0.747. The Morgan fingerprint density at radius 3 is 1.83 bits per heavy atom. The van der Waals surface area contributed by atoms with E-state index in [2.05, 4.69) is 103 Å². The van der Waals surface area contributed by atoms with Crippen molar-refractivity contribution >= 4 is 3.21 Å². The van der Waals surface area contributed by atoms with E-state index in [0.717, 1.165) is 24.2 Å². The first-order valence-corrected chi connectivity index (χ1v) is 19.1. The Balaban J connectivity index is 0.000000170. The summed E-state index contributed by atoms with van der Waals surface area (Å²) in [5.41, 5.74) is 11.0. The molecule has 0 nitrogen and oxygen atoms in total. The quantitative estimate of drug-likeness (QED) is 0.292. The molecule has 248 valence electrons. The van der Waals surface area contributed by atoms with Crippen LogP contribution in [0.1, 0.15) is 141 Å². The van der Waals surface area contributed by atoms with Crippen LogP contribution in [0, 0.1) is 41.2 Å². The predicted molar refractivity (Wildman–Crippen MR) is 185 cm³/mol. The third-order valence-corrected chi connectivity index (χ3v) is 12.7. The molecule has 7 aliphatic rings. The summed E-state index contributed by atoms with van der Waals surface area (Å²) in [4.78, 5) is 0. The van der Waals surface area contributed by atoms with E-state index in [1.54, 1.807) is 52.3 Å². The number of allylic oxidation sites excluding steroid dienone is 4. The molecule has 0 saturated heterocycles. The Morgan fingerprint density at radius 2 is 1.35 bits per heavy atom. The Labute approximate surface area is 309 Å². The van der Waals surface area contributed by atoms with Gasteiger partial charge in [-0.25, -0.2) is 6.08 Å². The minimum absolute atomic E-state index is 0. The summed E-state index contributed by atoms with van der Waals surface area (Å²) in [5, 5.41) is 0. The van der Waals surface area contributed by atoms with Crippen molar-refractivity contribution < 1.29 is 49.0 Å². The zero-order valence-electron chi connectivity index (χ0n) is 29.6. The molecule has 0 radical (unpaired) electrons. The Kier molecular flexibility index (Phi) is 12.4.